The van der Waals surface area contributed by atoms with Gasteiger partial charge in [0.2, 0.25) is 10.0 Å². The third-order valence-corrected chi connectivity index (χ3v) is 7.71. The fourth-order valence-corrected chi connectivity index (χ4v) is 5.34. The zero-order valence-electron chi connectivity index (χ0n) is 16.8. The van der Waals surface area contributed by atoms with Crippen molar-refractivity contribution in [3.05, 3.63) is 68.7 Å². The van der Waals surface area contributed by atoms with Crippen LogP contribution < -0.4 is 5.56 Å². The van der Waals surface area contributed by atoms with E-state index in [1.165, 1.54) is 28.6 Å². The Morgan fingerprint density at radius 2 is 1.75 bits per heavy atom. The van der Waals surface area contributed by atoms with Crippen molar-refractivity contribution in [2.75, 3.05) is 13.1 Å². The maximum atomic E-state index is 12.8. The maximum Gasteiger partial charge on any atom is 0.309 e. The summed E-state index contributed by atoms with van der Waals surface area (Å²) < 4.78 is 32.2. The Bertz CT molecular complexity index is 1320. The molecule has 0 aliphatic carbocycles. The number of fused-ring (bicyclic) bond motifs is 1. The highest BCUT2D eigenvalue weighted by Crippen LogP contribution is 2.25. The van der Waals surface area contributed by atoms with Crippen LogP contribution in [0.1, 0.15) is 18.7 Å². The number of halogens is 2. The molecule has 168 valence electrons. The molecule has 1 saturated heterocycles. The monoisotopic (exact) mass is 495 g/mol. The number of nitrogens with one attached hydrogen (secondary N) is 1. The summed E-state index contributed by atoms with van der Waals surface area (Å²) in [6.45, 7) is 0.211. The topological polar surface area (TPSA) is 109 Å². The van der Waals surface area contributed by atoms with Gasteiger partial charge in [0.05, 0.1) is 21.7 Å². The largest absolute Gasteiger partial charge is 0.457 e. The molecule has 0 radical (unpaired) electrons. The van der Waals surface area contributed by atoms with Gasteiger partial charge in [-0.2, -0.15) is 4.31 Å². The average Bonchev–Trinajstić information content (AvgIpc) is 2.77. The predicted molar refractivity (Wildman–Crippen MR) is 120 cm³/mol. The van der Waals surface area contributed by atoms with Crippen LogP contribution in [0.2, 0.25) is 10.0 Å². The Labute approximate surface area is 194 Å². The van der Waals surface area contributed by atoms with Crippen molar-refractivity contribution in [3.63, 3.8) is 0 Å². The summed E-state index contributed by atoms with van der Waals surface area (Å²) in [6, 6.07) is 10.7. The first-order chi connectivity index (χ1) is 15.2. The Hall–Kier alpha value is -2.46. The molecule has 8 nitrogen and oxygen atoms in total. The lowest BCUT2D eigenvalue weighted by Gasteiger charge is -2.30. The smallest absolute Gasteiger partial charge is 0.309 e. The van der Waals surface area contributed by atoms with E-state index in [1.807, 2.05) is 0 Å². The highest BCUT2D eigenvalue weighted by molar-refractivity contribution is 7.89. The molecule has 32 heavy (non-hydrogen) atoms. The second-order valence-electron chi connectivity index (χ2n) is 7.41. The molecular weight excluding hydrogens is 477 g/mol. The third-order valence-electron chi connectivity index (χ3n) is 5.31. The van der Waals surface area contributed by atoms with E-state index >= 15 is 0 Å². The SMILES string of the molecule is O=C(OCc1nc2cc(Cl)ccc2c(=O)[nH]1)C1CCN(S(=O)(=O)c2ccc(Cl)cc2)CC1. The second-order valence-corrected chi connectivity index (χ2v) is 10.2. The number of piperidine rings is 1. The van der Waals surface area contributed by atoms with Crippen molar-refractivity contribution >= 4 is 50.1 Å². The summed E-state index contributed by atoms with van der Waals surface area (Å²) in [4.78, 5) is 31.7. The summed E-state index contributed by atoms with van der Waals surface area (Å²) in [5.74, 6) is -0.684. The molecule has 3 aromatic rings. The van der Waals surface area contributed by atoms with Gasteiger partial charge in [-0.25, -0.2) is 13.4 Å². The Morgan fingerprint density at radius 3 is 2.44 bits per heavy atom. The molecule has 0 saturated carbocycles. The van der Waals surface area contributed by atoms with Crippen LogP contribution in [0.25, 0.3) is 10.9 Å². The average molecular weight is 496 g/mol. The first-order valence-electron chi connectivity index (χ1n) is 9.85. The van der Waals surface area contributed by atoms with E-state index in [9.17, 15) is 18.0 Å². The van der Waals surface area contributed by atoms with E-state index in [4.69, 9.17) is 27.9 Å². The number of carbonyl (C=O) groups is 1. The van der Waals surface area contributed by atoms with E-state index in [1.54, 1.807) is 18.2 Å². The highest BCUT2D eigenvalue weighted by Gasteiger charge is 2.32. The number of hydrogen-bond donors (Lipinski definition) is 1. The van der Waals surface area contributed by atoms with E-state index in [0.29, 0.717) is 33.8 Å². The molecular formula is C21H19Cl2N3O5S. The number of benzene rings is 2. The van der Waals surface area contributed by atoms with Gasteiger partial charge in [-0.1, -0.05) is 23.2 Å². The molecule has 0 bridgehead atoms. The second kappa shape index (κ2) is 9.19. The van der Waals surface area contributed by atoms with Crippen LogP contribution in [0.3, 0.4) is 0 Å². The van der Waals surface area contributed by atoms with Crippen LogP contribution in [0.4, 0.5) is 0 Å². The van der Waals surface area contributed by atoms with Gasteiger partial charge in [0.1, 0.15) is 12.4 Å². The Morgan fingerprint density at radius 1 is 1.09 bits per heavy atom. The number of esters is 1. The van der Waals surface area contributed by atoms with Gasteiger partial charge in [0.25, 0.3) is 5.56 Å². The third kappa shape index (κ3) is 4.80. The van der Waals surface area contributed by atoms with Crippen molar-refractivity contribution in [2.45, 2.75) is 24.3 Å². The van der Waals surface area contributed by atoms with Crippen LogP contribution in [-0.2, 0) is 26.2 Å². The molecule has 0 unspecified atom stereocenters. The minimum absolute atomic E-state index is 0.161. The van der Waals surface area contributed by atoms with Crippen LogP contribution >= 0.6 is 23.2 Å². The van der Waals surface area contributed by atoms with Gasteiger partial charge in [-0.15, -0.1) is 0 Å². The molecule has 2 aromatic carbocycles. The number of rotatable bonds is 5. The standard InChI is InChI=1S/C21H19Cl2N3O5S/c22-14-1-4-16(5-2-14)32(29,30)26-9-7-13(8-10-26)21(28)31-12-19-24-18-11-15(23)3-6-17(18)20(27)25-19/h1-6,11,13H,7-10,12H2,(H,24,25,27). The quantitative estimate of drug-likeness (QED) is 0.543. The fraction of sp³-hybridized carbons (Fsp3) is 0.286. The molecule has 1 aromatic heterocycles. The minimum atomic E-state index is -3.65. The van der Waals surface area contributed by atoms with Crippen molar-refractivity contribution in [1.29, 1.82) is 0 Å². The first-order valence-corrected chi connectivity index (χ1v) is 12.0. The zero-order valence-corrected chi connectivity index (χ0v) is 19.1. The Balaban J connectivity index is 1.36. The van der Waals surface area contributed by atoms with Gasteiger partial charge < -0.3 is 9.72 Å². The van der Waals surface area contributed by atoms with E-state index in [0.717, 1.165) is 0 Å². The van der Waals surface area contributed by atoms with Crippen LogP contribution in [0, 0.1) is 5.92 Å². The molecule has 11 heteroatoms. The summed E-state index contributed by atoms with van der Waals surface area (Å²) in [5, 5.41) is 1.29. The summed E-state index contributed by atoms with van der Waals surface area (Å²) >= 11 is 11.8. The number of aromatic nitrogens is 2. The molecule has 0 amide bonds. The van der Waals surface area contributed by atoms with Gasteiger partial charge in [-0.3, -0.25) is 9.59 Å². The number of ether oxygens (including phenoxy) is 1. The van der Waals surface area contributed by atoms with Gasteiger partial charge in [0.15, 0.2) is 0 Å². The number of H-pyrrole nitrogens is 1. The highest BCUT2D eigenvalue weighted by atomic mass is 35.5. The molecule has 1 N–H and O–H groups in total. The van der Waals surface area contributed by atoms with Crippen molar-refractivity contribution in [1.82, 2.24) is 14.3 Å². The summed E-state index contributed by atoms with van der Waals surface area (Å²) in [6.07, 6.45) is 0.672. The van der Waals surface area contributed by atoms with Crippen molar-refractivity contribution in [2.24, 2.45) is 5.92 Å². The van der Waals surface area contributed by atoms with E-state index < -0.39 is 21.9 Å². The lowest BCUT2D eigenvalue weighted by Crippen LogP contribution is -2.40. The lowest BCUT2D eigenvalue weighted by atomic mass is 9.98. The number of nitrogens with zero attached hydrogens (tertiary/aromatic N) is 2. The summed E-state index contributed by atoms with van der Waals surface area (Å²) in [7, 11) is -3.65. The summed E-state index contributed by atoms with van der Waals surface area (Å²) in [5.41, 5.74) is 0.0615. The van der Waals surface area contributed by atoms with E-state index in [-0.39, 0.29) is 36.0 Å². The molecule has 4 rings (SSSR count). The first kappa shape index (κ1) is 22.7. The van der Waals surface area contributed by atoms with Crippen LogP contribution in [0.15, 0.2) is 52.2 Å². The molecule has 0 spiro atoms. The molecule has 2 heterocycles. The van der Waals surface area contributed by atoms with Gasteiger partial charge in [-0.05, 0) is 55.3 Å². The molecule has 1 aliphatic rings. The number of aromatic amines is 1. The Kier molecular flexibility index (Phi) is 6.52. The fourth-order valence-electron chi connectivity index (χ4n) is 3.57. The molecule has 1 fully saturated rings. The van der Waals surface area contributed by atoms with Crippen molar-refractivity contribution < 1.29 is 17.9 Å². The van der Waals surface area contributed by atoms with Crippen LogP contribution in [-0.4, -0.2) is 41.7 Å². The zero-order chi connectivity index (χ0) is 22.9. The predicted octanol–water partition coefficient (Wildman–Crippen LogP) is 3.37. The van der Waals surface area contributed by atoms with Crippen LogP contribution in [0.5, 0.6) is 0 Å². The van der Waals surface area contributed by atoms with E-state index in [2.05, 4.69) is 9.97 Å². The number of hydrogen-bond acceptors (Lipinski definition) is 6. The minimum Gasteiger partial charge on any atom is -0.457 e. The number of sulfonamides is 1. The van der Waals surface area contributed by atoms with Gasteiger partial charge >= 0.3 is 5.97 Å². The maximum absolute atomic E-state index is 12.8. The molecule has 1 aliphatic heterocycles. The lowest BCUT2D eigenvalue weighted by molar-refractivity contribution is -0.151. The van der Waals surface area contributed by atoms with Gasteiger partial charge in [0, 0.05) is 23.1 Å². The molecule has 0 atom stereocenters. The number of carbonyl (C=O) groups excluding carboxylic acids is 1. The van der Waals surface area contributed by atoms with Crippen molar-refractivity contribution in [3.8, 4) is 0 Å². The normalized spacial score (nSPS) is 15.7.